The molecule has 0 unspecified atom stereocenters. The minimum atomic E-state index is 0.0306. The molecule has 1 heterocycles. The van der Waals surface area contributed by atoms with Gasteiger partial charge in [-0.25, -0.2) is 0 Å². The van der Waals surface area contributed by atoms with Gasteiger partial charge in [0.1, 0.15) is 0 Å². The van der Waals surface area contributed by atoms with Crippen molar-refractivity contribution < 1.29 is 9.69 Å². The molecular weight excluding hydrogens is 268 g/mol. The summed E-state index contributed by atoms with van der Waals surface area (Å²) in [6, 6.07) is 8.03. The average molecular weight is 293 g/mol. The van der Waals surface area contributed by atoms with Gasteiger partial charge in [0, 0.05) is 4.90 Å². The number of rotatable bonds is 4. The second-order valence-electron chi connectivity index (χ2n) is 5.48. The molecule has 3 nitrogen and oxygen atoms in total. The molecular formula is C16H25N2OS+. The maximum atomic E-state index is 12.5. The predicted molar refractivity (Wildman–Crippen MR) is 85.5 cm³/mol. The number of amides is 1. The topological polar surface area (TPSA) is 33.5 Å². The summed E-state index contributed by atoms with van der Waals surface area (Å²) in [7, 11) is 0. The smallest absolute Gasteiger partial charge is 0.282 e. The van der Waals surface area contributed by atoms with E-state index in [0.717, 1.165) is 23.7 Å². The number of hydrogen-bond acceptors (Lipinski definition) is 2. The van der Waals surface area contributed by atoms with Gasteiger partial charge < -0.3 is 10.2 Å². The Morgan fingerprint density at radius 3 is 2.50 bits per heavy atom. The molecule has 0 bridgehead atoms. The molecule has 2 N–H and O–H groups in total. The molecule has 1 atom stereocenters. The third-order valence-electron chi connectivity index (χ3n) is 4.12. The van der Waals surface area contributed by atoms with Crippen LogP contribution < -0.4 is 10.2 Å². The number of hydrogen-bond donors (Lipinski definition) is 2. The number of carbonyl (C=O) groups is 1. The van der Waals surface area contributed by atoms with Crippen molar-refractivity contribution in [3.05, 3.63) is 24.3 Å². The van der Waals surface area contributed by atoms with Gasteiger partial charge >= 0.3 is 0 Å². The third-order valence-corrected chi connectivity index (χ3v) is 4.91. The summed E-state index contributed by atoms with van der Waals surface area (Å²) in [6.45, 7) is 4.30. The number of nitrogens with one attached hydrogen (secondary N) is 2. The first-order chi connectivity index (χ1) is 9.72. The van der Waals surface area contributed by atoms with Gasteiger partial charge in [-0.2, -0.15) is 0 Å². The highest BCUT2D eigenvalue weighted by Gasteiger charge is 2.26. The molecule has 0 spiro atoms. The summed E-state index contributed by atoms with van der Waals surface area (Å²) >= 11 is 1.67. The quantitative estimate of drug-likeness (QED) is 0.835. The molecule has 0 saturated carbocycles. The zero-order chi connectivity index (χ0) is 14.4. The zero-order valence-corrected chi connectivity index (χ0v) is 13.3. The maximum Gasteiger partial charge on any atom is 0.282 e. The molecule has 1 aromatic carbocycles. The highest BCUT2D eigenvalue weighted by Crippen LogP contribution is 2.24. The van der Waals surface area contributed by atoms with Crippen LogP contribution in [0.2, 0.25) is 0 Å². The normalized spacial score (nSPS) is 18.3. The monoisotopic (exact) mass is 293 g/mol. The summed E-state index contributed by atoms with van der Waals surface area (Å²) in [4.78, 5) is 15.0. The van der Waals surface area contributed by atoms with Crippen molar-refractivity contribution in [1.82, 2.24) is 0 Å². The molecule has 0 radical (unpaired) electrons. The van der Waals surface area contributed by atoms with Crippen molar-refractivity contribution in [2.45, 2.75) is 43.5 Å². The number of thioether (sulfide) groups is 1. The van der Waals surface area contributed by atoms with Crippen LogP contribution in [0, 0.1) is 0 Å². The van der Waals surface area contributed by atoms with Gasteiger partial charge in [0.25, 0.3) is 5.91 Å². The third kappa shape index (κ3) is 4.00. The van der Waals surface area contributed by atoms with Crippen LogP contribution in [0.3, 0.4) is 0 Å². The van der Waals surface area contributed by atoms with Crippen molar-refractivity contribution >= 4 is 23.4 Å². The SMILES string of the molecule is CSc1ccccc1NC(=O)[C@H](C)[NH+]1CCCCCC1. The van der Waals surface area contributed by atoms with Crippen molar-refractivity contribution in [2.75, 3.05) is 24.7 Å². The van der Waals surface area contributed by atoms with Crippen LogP contribution in [0.5, 0.6) is 0 Å². The maximum absolute atomic E-state index is 12.5. The fraction of sp³-hybridized carbons (Fsp3) is 0.562. The van der Waals surface area contributed by atoms with E-state index in [0.29, 0.717) is 0 Å². The van der Waals surface area contributed by atoms with Crippen LogP contribution in [0.25, 0.3) is 0 Å². The van der Waals surface area contributed by atoms with E-state index in [2.05, 4.69) is 12.2 Å². The van der Waals surface area contributed by atoms with Crippen LogP contribution in [0.15, 0.2) is 29.2 Å². The summed E-state index contributed by atoms with van der Waals surface area (Å²) in [5, 5.41) is 3.10. The van der Waals surface area contributed by atoms with Gasteiger partial charge in [-0.15, -0.1) is 11.8 Å². The van der Waals surface area contributed by atoms with E-state index in [1.165, 1.54) is 30.6 Å². The molecule has 1 aliphatic rings. The summed E-state index contributed by atoms with van der Waals surface area (Å²) in [5.41, 5.74) is 0.936. The Balaban J connectivity index is 1.99. The lowest BCUT2D eigenvalue weighted by molar-refractivity contribution is -0.913. The first kappa shape index (κ1) is 15.4. The molecule has 2 rings (SSSR count). The Labute approximate surface area is 126 Å². The largest absolute Gasteiger partial charge is 0.325 e. The molecule has 1 aliphatic heterocycles. The van der Waals surface area contributed by atoms with E-state index in [1.54, 1.807) is 11.8 Å². The van der Waals surface area contributed by atoms with Gasteiger partial charge in [0.15, 0.2) is 6.04 Å². The lowest BCUT2D eigenvalue weighted by Gasteiger charge is -2.24. The molecule has 1 saturated heterocycles. The van der Waals surface area contributed by atoms with E-state index < -0.39 is 0 Å². The van der Waals surface area contributed by atoms with E-state index in [4.69, 9.17) is 0 Å². The van der Waals surface area contributed by atoms with E-state index in [9.17, 15) is 4.79 Å². The zero-order valence-electron chi connectivity index (χ0n) is 12.4. The number of carbonyl (C=O) groups excluding carboxylic acids is 1. The summed E-state index contributed by atoms with van der Waals surface area (Å²) in [5.74, 6) is 0.142. The van der Waals surface area contributed by atoms with Gasteiger partial charge in [-0.05, 0) is 51.0 Å². The van der Waals surface area contributed by atoms with E-state index in [-0.39, 0.29) is 11.9 Å². The summed E-state index contributed by atoms with van der Waals surface area (Å²) in [6.07, 6.45) is 7.15. The Morgan fingerprint density at radius 1 is 1.20 bits per heavy atom. The molecule has 4 heteroatoms. The summed E-state index contributed by atoms with van der Waals surface area (Å²) < 4.78 is 0. The Morgan fingerprint density at radius 2 is 1.85 bits per heavy atom. The minimum Gasteiger partial charge on any atom is -0.325 e. The molecule has 0 aliphatic carbocycles. The number of likely N-dealkylation sites (tertiary alicyclic amines) is 1. The minimum absolute atomic E-state index is 0.0306. The highest BCUT2D eigenvalue weighted by molar-refractivity contribution is 7.98. The number of benzene rings is 1. The lowest BCUT2D eigenvalue weighted by atomic mass is 10.2. The van der Waals surface area contributed by atoms with Gasteiger partial charge in [-0.3, -0.25) is 4.79 Å². The molecule has 1 amide bonds. The average Bonchev–Trinajstić information content (AvgIpc) is 2.76. The van der Waals surface area contributed by atoms with E-state index >= 15 is 0 Å². The first-order valence-corrected chi connectivity index (χ1v) is 8.73. The van der Waals surface area contributed by atoms with Crippen LogP contribution in [0.4, 0.5) is 5.69 Å². The second kappa shape index (κ2) is 7.70. The molecule has 1 aromatic rings. The van der Waals surface area contributed by atoms with Crippen LogP contribution in [-0.4, -0.2) is 31.3 Å². The lowest BCUT2D eigenvalue weighted by Crippen LogP contribution is -3.16. The highest BCUT2D eigenvalue weighted by atomic mass is 32.2. The fourth-order valence-electron chi connectivity index (χ4n) is 2.79. The van der Waals surface area contributed by atoms with Crippen LogP contribution in [0.1, 0.15) is 32.6 Å². The van der Waals surface area contributed by atoms with Crippen molar-refractivity contribution in [3.8, 4) is 0 Å². The molecule has 20 heavy (non-hydrogen) atoms. The van der Waals surface area contributed by atoms with Gasteiger partial charge in [0.2, 0.25) is 0 Å². The van der Waals surface area contributed by atoms with Crippen molar-refractivity contribution in [1.29, 1.82) is 0 Å². The van der Waals surface area contributed by atoms with Crippen LogP contribution in [-0.2, 0) is 4.79 Å². The Kier molecular flexibility index (Phi) is 5.92. The Hall–Kier alpha value is -1.00. The first-order valence-electron chi connectivity index (χ1n) is 7.51. The number of quaternary nitrogens is 1. The van der Waals surface area contributed by atoms with E-state index in [1.807, 2.05) is 30.5 Å². The number of para-hydroxylation sites is 1. The predicted octanol–water partition coefficient (Wildman–Crippen LogP) is 2.19. The number of anilines is 1. The standard InChI is InChI=1S/C16H24N2OS/c1-13(18-11-7-3-4-8-12-18)16(19)17-14-9-5-6-10-15(14)20-2/h5-6,9-10,13H,3-4,7-8,11-12H2,1-2H3,(H,17,19)/p+1/t13-/m0/s1. The molecule has 110 valence electrons. The molecule has 1 fully saturated rings. The second-order valence-corrected chi connectivity index (χ2v) is 6.33. The fourth-order valence-corrected chi connectivity index (χ4v) is 3.34. The van der Waals surface area contributed by atoms with Gasteiger partial charge in [-0.1, -0.05) is 12.1 Å². The Bertz CT molecular complexity index is 442. The van der Waals surface area contributed by atoms with Crippen LogP contribution >= 0.6 is 11.8 Å². The molecule has 0 aromatic heterocycles. The van der Waals surface area contributed by atoms with Crippen molar-refractivity contribution in [3.63, 3.8) is 0 Å². The van der Waals surface area contributed by atoms with Gasteiger partial charge in [0.05, 0.1) is 18.8 Å². The van der Waals surface area contributed by atoms with Crippen molar-refractivity contribution in [2.24, 2.45) is 0 Å².